The molecule has 2 aliphatic rings. The van der Waals surface area contributed by atoms with E-state index in [-0.39, 0.29) is 28.2 Å². The Kier molecular flexibility index (Phi) is 5.27. The van der Waals surface area contributed by atoms with Crippen molar-refractivity contribution in [3.8, 4) is 0 Å². The maximum atomic E-state index is 13.0. The van der Waals surface area contributed by atoms with Crippen molar-refractivity contribution in [1.29, 1.82) is 0 Å². The number of hydrogen-bond acceptors (Lipinski definition) is 4. The summed E-state index contributed by atoms with van der Waals surface area (Å²) in [5, 5.41) is 0.437. The van der Waals surface area contributed by atoms with Gasteiger partial charge >= 0.3 is 0 Å². The fourth-order valence-electron chi connectivity index (χ4n) is 4.32. The highest BCUT2D eigenvalue weighted by Crippen LogP contribution is 2.35. The van der Waals surface area contributed by atoms with Crippen LogP contribution in [0, 0.1) is 5.92 Å². The molecule has 3 atom stereocenters. The van der Waals surface area contributed by atoms with E-state index in [1.165, 1.54) is 24.3 Å². The number of pyridine rings is 1. The average molecular weight is 436 g/mol. The summed E-state index contributed by atoms with van der Waals surface area (Å²) in [6.45, 7) is 3.13. The summed E-state index contributed by atoms with van der Waals surface area (Å²) in [5.74, 6) is 0.00904. The normalized spacial score (nSPS) is 22.1. The number of amides is 1. The van der Waals surface area contributed by atoms with Gasteiger partial charge in [-0.05, 0) is 49.6 Å². The number of fused-ring (bicyclic) bond motifs is 4. The Labute approximate surface area is 174 Å². The van der Waals surface area contributed by atoms with E-state index in [1.807, 2.05) is 6.07 Å². The second-order valence-electron chi connectivity index (χ2n) is 7.74. The number of benzene rings is 1. The zero-order valence-electron chi connectivity index (χ0n) is 15.9. The van der Waals surface area contributed by atoms with Crippen molar-refractivity contribution >= 4 is 27.5 Å². The van der Waals surface area contributed by atoms with Crippen LogP contribution in [0.4, 0.5) is 0 Å². The first-order valence-corrected chi connectivity index (χ1v) is 11.4. The molecule has 2 aliphatic heterocycles. The van der Waals surface area contributed by atoms with Gasteiger partial charge in [0.2, 0.25) is 15.9 Å². The van der Waals surface area contributed by atoms with Gasteiger partial charge < -0.3 is 9.47 Å². The molecule has 0 radical (unpaired) electrons. The van der Waals surface area contributed by atoms with Crippen LogP contribution >= 0.6 is 11.6 Å². The number of carbonyl (C=O) groups is 1. The maximum absolute atomic E-state index is 13.0. The van der Waals surface area contributed by atoms with Gasteiger partial charge in [-0.15, -0.1) is 0 Å². The number of carbonyl (C=O) groups excluding carboxylic acids is 1. The van der Waals surface area contributed by atoms with Gasteiger partial charge in [0.15, 0.2) is 0 Å². The van der Waals surface area contributed by atoms with E-state index < -0.39 is 16.1 Å². The SMILES string of the molecule is C[C@@H](NS(=O)(=O)c1ccc(Cl)cc1)C(=O)N1C[C@H]2C[C@@H](C1)c1cccc(=O)n1C2. The van der Waals surface area contributed by atoms with E-state index in [2.05, 4.69) is 4.72 Å². The third-order valence-electron chi connectivity index (χ3n) is 5.62. The van der Waals surface area contributed by atoms with Crippen LogP contribution in [-0.4, -0.2) is 42.9 Å². The molecule has 0 aliphatic carbocycles. The molecule has 29 heavy (non-hydrogen) atoms. The summed E-state index contributed by atoms with van der Waals surface area (Å²) in [6.07, 6.45) is 0.929. The molecule has 0 saturated carbocycles. The van der Waals surface area contributed by atoms with Crippen LogP contribution in [0.2, 0.25) is 5.02 Å². The zero-order chi connectivity index (χ0) is 20.8. The molecule has 1 N–H and O–H groups in total. The van der Waals surface area contributed by atoms with Crippen molar-refractivity contribution in [2.75, 3.05) is 13.1 Å². The van der Waals surface area contributed by atoms with E-state index in [9.17, 15) is 18.0 Å². The summed E-state index contributed by atoms with van der Waals surface area (Å²) >= 11 is 5.81. The molecule has 1 aromatic heterocycles. The smallest absolute Gasteiger partial charge is 0.250 e. The molecular weight excluding hydrogens is 414 g/mol. The summed E-state index contributed by atoms with van der Waals surface area (Å²) in [5.41, 5.74) is 0.932. The largest absolute Gasteiger partial charge is 0.340 e. The van der Waals surface area contributed by atoms with Gasteiger partial charge in [0.25, 0.3) is 5.56 Å². The molecule has 1 fully saturated rings. The predicted molar refractivity (Wildman–Crippen MR) is 109 cm³/mol. The number of aromatic nitrogens is 1. The van der Waals surface area contributed by atoms with Crippen molar-refractivity contribution in [1.82, 2.24) is 14.2 Å². The van der Waals surface area contributed by atoms with Crippen LogP contribution < -0.4 is 10.3 Å². The minimum absolute atomic E-state index is 0.0129. The molecule has 154 valence electrons. The van der Waals surface area contributed by atoms with Crippen molar-refractivity contribution < 1.29 is 13.2 Å². The minimum atomic E-state index is -3.83. The van der Waals surface area contributed by atoms with Crippen molar-refractivity contribution in [3.05, 3.63) is 63.5 Å². The Morgan fingerprint density at radius 2 is 1.86 bits per heavy atom. The number of sulfonamides is 1. The van der Waals surface area contributed by atoms with E-state index in [4.69, 9.17) is 11.6 Å². The number of likely N-dealkylation sites (tertiary alicyclic amines) is 1. The van der Waals surface area contributed by atoms with Gasteiger partial charge in [-0.3, -0.25) is 9.59 Å². The summed E-state index contributed by atoms with van der Waals surface area (Å²) in [7, 11) is -3.83. The lowest BCUT2D eigenvalue weighted by Gasteiger charge is -2.43. The average Bonchev–Trinajstić information content (AvgIpc) is 2.68. The lowest BCUT2D eigenvalue weighted by atomic mass is 9.83. The molecule has 1 saturated heterocycles. The van der Waals surface area contributed by atoms with Crippen LogP contribution in [0.1, 0.15) is 25.0 Å². The molecule has 1 aromatic carbocycles. The van der Waals surface area contributed by atoms with Crippen molar-refractivity contribution in [2.24, 2.45) is 5.92 Å². The highest BCUT2D eigenvalue weighted by Gasteiger charge is 2.37. The summed E-state index contributed by atoms with van der Waals surface area (Å²) in [4.78, 5) is 26.9. The van der Waals surface area contributed by atoms with Gasteiger partial charge in [-0.1, -0.05) is 17.7 Å². The molecule has 2 aromatic rings. The molecule has 0 spiro atoms. The number of nitrogens with zero attached hydrogens (tertiary/aromatic N) is 2. The van der Waals surface area contributed by atoms with Gasteiger partial charge in [0.1, 0.15) is 0 Å². The first-order valence-electron chi connectivity index (χ1n) is 9.51. The topological polar surface area (TPSA) is 88.5 Å². The van der Waals surface area contributed by atoms with E-state index in [0.717, 1.165) is 12.1 Å². The molecular formula is C20H22ClN3O4S. The number of hydrogen-bond donors (Lipinski definition) is 1. The summed E-state index contributed by atoms with van der Waals surface area (Å²) < 4.78 is 29.4. The fourth-order valence-corrected chi connectivity index (χ4v) is 5.64. The molecule has 1 amide bonds. The third-order valence-corrected chi connectivity index (χ3v) is 7.43. The summed E-state index contributed by atoms with van der Waals surface area (Å²) in [6, 6.07) is 10.1. The van der Waals surface area contributed by atoms with Crippen LogP contribution in [0.25, 0.3) is 0 Å². The van der Waals surface area contributed by atoms with Gasteiger partial charge in [-0.2, -0.15) is 4.72 Å². The monoisotopic (exact) mass is 435 g/mol. The lowest BCUT2D eigenvalue weighted by Crippen LogP contribution is -2.54. The Balaban J connectivity index is 1.49. The van der Waals surface area contributed by atoms with Gasteiger partial charge in [0.05, 0.1) is 10.9 Å². The van der Waals surface area contributed by atoms with Crippen molar-refractivity contribution in [2.45, 2.75) is 36.7 Å². The molecule has 7 nitrogen and oxygen atoms in total. The molecule has 9 heteroatoms. The van der Waals surface area contributed by atoms with E-state index in [0.29, 0.717) is 24.7 Å². The zero-order valence-corrected chi connectivity index (χ0v) is 17.5. The minimum Gasteiger partial charge on any atom is -0.340 e. The predicted octanol–water partition coefficient (Wildman–Crippen LogP) is 1.81. The van der Waals surface area contributed by atoms with Crippen LogP contribution in [0.3, 0.4) is 0 Å². The quantitative estimate of drug-likeness (QED) is 0.793. The highest BCUT2D eigenvalue weighted by atomic mass is 35.5. The Morgan fingerprint density at radius 1 is 1.14 bits per heavy atom. The van der Waals surface area contributed by atoms with Crippen LogP contribution in [-0.2, 0) is 21.4 Å². The van der Waals surface area contributed by atoms with Crippen molar-refractivity contribution in [3.63, 3.8) is 0 Å². The van der Waals surface area contributed by atoms with Gasteiger partial charge in [0, 0.05) is 42.3 Å². The fraction of sp³-hybridized carbons (Fsp3) is 0.400. The first kappa shape index (κ1) is 20.1. The second kappa shape index (κ2) is 7.59. The molecule has 2 bridgehead atoms. The number of piperidine rings is 1. The molecule has 4 rings (SSSR count). The Hall–Kier alpha value is -2.16. The van der Waals surface area contributed by atoms with Crippen LogP contribution in [0.15, 0.2) is 52.2 Å². The number of nitrogens with one attached hydrogen (secondary N) is 1. The maximum Gasteiger partial charge on any atom is 0.250 e. The van der Waals surface area contributed by atoms with Crippen LogP contribution in [0.5, 0.6) is 0 Å². The third kappa shape index (κ3) is 3.97. The molecule has 0 unspecified atom stereocenters. The first-order chi connectivity index (χ1) is 13.7. The Bertz CT molecular complexity index is 1100. The standard InChI is InChI=1S/C20H22ClN3O4S/c1-13(22-29(27,28)17-7-5-16(21)6-8-17)20(26)23-10-14-9-15(12-23)18-3-2-4-19(25)24(18)11-14/h2-8,13-15,22H,9-12H2,1H3/t13-,14-,15+/m1/s1. The Morgan fingerprint density at radius 3 is 2.59 bits per heavy atom. The highest BCUT2D eigenvalue weighted by molar-refractivity contribution is 7.89. The number of rotatable bonds is 4. The van der Waals surface area contributed by atoms with Gasteiger partial charge in [-0.25, -0.2) is 8.42 Å². The number of halogens is 1. The lowest BCUT2D eigenvalue weighted by molar-refractivity contribution is -0.135. The van der Waals surface area contributed by atoms with E-state index >= 15 is 0 Å². The molecule has 3 heterocycles. The second-order valence-corrected chi connectivity index (χ2v) is 9.89. The van der Waals surface area contributed by atoms with E-state index in [1.54, 1.807) is 28.5 Å².